The Bertz CT molecular complexity index is 3340. The predicted molar refractivity (Wildman–Crippen MR) is 261 cm³/mol. The minimum atomic E-state index is 1.08. The number of nitrogens with zero attached hydrogens (tertiary/aromatic N) is 1. The fourth-order valence-corrected chi connectivity index (χ4v) is 8.78. The van der Waals surface area contributed by atoms with Crippen LogP contribution in [-0.2, 0) is 0 Å². The van der Waals surface area contributed by atoms with E-state index < -0.39 is 0 Å². The van der Waals surface area contributed by atoms with Crippen molar-refractivity contribution in [1.82, 2.24) is 0 Å². The summed E-state index contributed by atoms with van der Waals surface area (Å²) in [4.78, 5) is 2.42. The summed E-state index contributed by atoms with van der Waals surface area (Å²) in [6, 6.07) is 90.6. The van der Waals surface area contributed by atoms with E-state index in [1.54, 1.807) is 0 Å². The van der Waals surface area contributed by atoms with Crippen LogP contribution in [0, 0.1) is 0 Å². The first kappa shape index (κ1) is 36.1. The van der Waals surface area contributed by atoms with Gasteiger partial charge in [-0.15, -0.1) is 0 Å². The SMILES string of the molecule is c1ccc(-c2ccc(-c3ccc4ccccc4c3)cc2N(c2ccc(-c3cccc(-c4ccc5ccccc5c4)c3)cc2)c2ccc(-c3ccc4ccccc4c3)cc2)cc1. The average Bonchev–Trinajstić information content (AvgIpc) is 3.34. The number of benzene rings is 11. The second kappa shape index (κ2) is 15.6. The Morgan fingerprint density at radius 2 is 0.541 bits per heavy atom. The van der Waals surface area contributed by atoms with Crippen molar-refractivity contribution in [1.29, 1.82) is 0 Å². The molecule has 0 bridgehead atoms. The Hall–Kier alpha value is -8.00. The molecule has 0 saturated carbocycles. The molecule has 0 amide bonds. The van der Waals surface area contributed by atoms with Crippen molar-refractivity contribution < 1.29 is 0 Å². The summed E-state index contributed by atoms with van der Waals surface area (Å²) in [5.74, 6) is 0. The number of fused-ring (bicyclic) bond motifs is 3. The highest BCUT2D eigenvalue weighted by Gasteiger charge is 2.19. The van der Waals surface area contributed by atoms with E-state index in [9.17, 15) is 0 Å². The van der Waals surface area contributed by atoms with Crippen molar-refractivity contribution in [2.75, 3.05) is 4.90 Å². The molecule has 11 aromatic rings. The van der Waals surface area contributed by atoms with Crippen molar-refractivity contribution in [3.63, 3.8) is 0 Å². The number of rotatable bonds is 8. The first-order chi connectivity index (χ1) is 30.2. The zero-order valence-corrected chi connectivity index (χ0v) is 33.6. The summed E-state index contributed by atoms with van der Waals surface area (Å²) in [5, 5.41) is 7.46. The molecule has 0 N–H and O–H groups in total. The molecular formula is C60H41N. The van der Waals surface area contributed by atoms with Crippen LogP contribution in [0.25, 0.3) is 88.0 Å². The van der Waals surface area contributed by atoms with E-state index >= 15 is 0 Å². The van der Waals surface area contributed by atoms with Gasteiger partial charge in [0.1, 0.15) is 0 Å². The number of hydrogen-bond donors (Lipinski definition) is 0. The van der Waals surface area contributed by atoms with Gasteiger partial charge in [-0.25, -0.2) is 0 Å². The van der Waals surface area contributed by atoms with E-state index in [0.717, 1.165) is 22.6 Å². The van der Waals surface area contributed by atoms with E-state index in [2.05, 4.69) is 254 Å². The van der Waals surface area contributed by atoms with Gasteiger partial charge in [0.05, 0.1) is 5.69 Å². The normalized spacial score (nSPS) is 11.3. The van der Waals surface area contributed by atoms with Gasteiger partial charge in [-0.3, -0.25) is 0 Å². The van der Waals surface area contributed by atoms with E-state index in [4.69, 9.17) is 0 Å². The molecule has 0 aliphatic heterocycles. The molecule has 0 saturated heterocycles. The Balaban J connectivity index is 1.04. The zero-order valence-electron chi connectivity index (χ0n) is 33.6. The van der Waals surface area contributed by atoms with Gasteiger partial charge in [-0.1, -0.05) is 194 Å². The molecule has 1 nitrogen and oxygen atoms in total. The number of anilines is 3. The highest BCUT2D eigenvalue weighted by Crippen LogP contribution is 2.44. The Kier molecular flexibility index (Phi) is 9.26. The van der Waals surface area contributed by atoms with Gasteiger partial charge >= 0.3 is 0 Å². The molecule has 1 heteroatoms. The van der Waals surface area contributed by atoms with Crippen LogP contribution in [0.15, 0.2) is 249 Å². The molecule has 0 unspecified atom stereocenters. The third-order valence-corrected chi connectivity index (χ3v) is 12.0. The maximum atomic E-state index is 2.42. The molecule has 0 aliphatic carbocycles. The fraction of sp³-hybridized carbons (Fsp3) is 0. The lowest BCUT2D eigenvalue weighted by molar-refractivity contribution is 1.28. The van der Waals surface area contributed by atoms with Crippen molar-refractivity contribution in [2.45, 2.75) is 0 Å². The van der Waals surface area contributed by atoms with Gasteiger partial charge in [-0.05, 0) is 137 Å². The minimum absolute atomic E-state index is 1.08. The van der Waals surface area contributed by atoms with Gasteiger partial charge in [0.15, 0.2) is 0 Å². The van der Waals surface area contributed by atoms with E-state index in [0.29, 0.717) is 0 Å². The van der Waals surface area contributed by atoms with Gasteiger partial charge in [0.2, 0.25) is 0 Å². The van der Waals surface area contributed by atoms with Crippen molar-refractivity contribution >= 4 is 49.4 Å². The molecule has 0 aromatic heterocycles. The van der Waals surface area contributed by atoms with Crippen molar-refractivity contribution in [3.05, 3.63) is 249 Å². The lowest BCUT2D eigenvalue weighted by Gasteiger charge is -2.29. The van der Waals surface area contributed by atoms with Crippen molar-refractivity contribution in [2.24, 2.45) is 0 Å². The zero-order chi connectivity index (χ0) is 40.5. The molecule has 61 heavy (non-hydrogen) atoms. The van der Waals surface area contributed by atoms with Gasteiger partial charge in [-0.2, -0.15) is 0 Å². The Morgan fingerprint density at radius 1 is 0.197 bits per heavy atom. The standard InChI is InChI=1S/C60H41N/c1-2-14-47(15-3-1)59-36-31-56(55-26-23-44-13-6-9-18-50(44)40-55)41-60(59)61(58-34-29-46(30-35-58)53-24-21-42-11-4-7-16-48(42)38-53)57-32-27-45(28-33-57)51-19-10-20-52(37-51)54-25-22-43-12-5-8-17-49(43)39-54/h1-41H. The summed E-state index contributed by atoms with van der Waals surface area (Å²) < 4.78 is 0. The summed E-state index contributed by atoms with van der Waals surface area (Å²) in [6.07, 6.45) is 0. The van der Waals surface area contributed by atoms with E-state index in [1.165, 1.54) is 82.4 Å². The Morgan fingerprint density at radius 3 is 1.03 bits per heavy atom. The molecule has 0 atom stereocenters. The maximum Gasteiger partial charge on any atom is 0.0546 e. The van der Waals surface area contributed by atoms with Gasteiger partial charge in [0, 0.05) is 16.9 Å². The lowest BCUT2D eigenvalue weighted by atomic mass is 9.95. The van der Waals surface area contributed by atoms with E-state index in [1.807, 2.05) is 0 Å². The van der Waals surface area contributed by atoms with Crippen LogP contribution in [0.3, 0.4) is 0 Å². The van der Waals surface area contributed by atoms with Crippen LogP contribution in [0.1, 0.15) is 0 Å². The van der Waals surface area contributed by atoms with Gasteiger partial charge < -0.3 is 4.90 Å². The molecule has 0 spiro atoms. The summed E-state index contributed by atoms with van der Waals surface area (Å²) >= 11 is 0. The highest BCUT2D eigenvalue weighted by molar-refractivity contribution is 5.94. The first-order valence-corrected chi connectivity index (χ1v) is 21.0. The number of hydrogen-bond acceptors (Lipinski definition) is 1. The fourth-order valence-electron chi connectivity index (χ4n) is 8.78. The highest BCUT2D eigenvalue weighted by atomic mass is 15.1. The summed E-state index contributed by atoms with van der Waals surface area (Å²) in [5.41, 5.74) is 15.1. The molecule has 286 valence electrons. The topological polar surface area (TPSA) is 3.24 Å². The van der Waals surface area contributed by atoms with Crippen LogP contribution in [-0.4, -0.2) is 0 Å². The van der Waals surface area contributed by atoms with Crippen molar-refractivity contribution in [3.8, 4) is 55.6 Å². The minimum Gasteiger partial charge on any atom is -0.310 e. The molecular weight excluding hydrogens is 735 g/mol. The third-order valence-electron chi connectivity index (χ3n) is 12.0. The summed E-state index contributed by atoms with van der Waals surface area (Å²) in [7, 11) is 0. The van der Waals surface area contributed by atoms with Gasteiger partial charge in [0.25, 0.3) is 0 Å². The molecule has 0 radical (unpaired) electrons. The second-order valence-electron chi connectivity index (χ2n) is 15.8. The molecule has 0 fully saturated rings. The maximum absolute atomic E-state index is 2.42. The second-order valence-corrected chi connectivity index (χ2v) is 15.8. The predicted octanol–water partition coefficient (Wildman–Crippen LogP) is 17.0. The van der Waals surface area contributed by atoms with Crippen LogP contribution in [0.5, 0.6) is 0 Å². The largest absolute Gasteiger partial charge is 0.310 e. The van der Waals surface area contributed by atoms with Crippen LogP contribution in [0.2, 0.25) is 0 Å². The molecule has 11 aromatic carbocycles. The monoisotopic (exact) mass is 775 g/mol. The molecule has 11 rings (SSSR count). The van der Waals surface area contributed by atoms with E-state index in [-0.39, 0.29) is 0 Å². The summed E-state index contributed by atoms with van der Waals surface area (Å²) in [6.45, 7) is 0. The third kappa shape index (κ3) is 7.13. The molecule has 0 aliphatic rings. The first-order valence-electron chi connectivity index (χ1n) is 21.0. The Labute approximate surface area is 357 Å². The average molecular weight is 776 g/mol. The smallest absolute Gasteiger partial charge is 0.0546 e. The van der Waals surface area contributed by atoms with Crippen LogP contribution in [0.4, 0.5) is 17.1 Å². The van der Waals surface area contributed by atoms with Crippen LogP contribution < -0.4 is 4.90 Å². The molecule has 0 heterocycles. The van der Waals surface area contributed by atoms with Crippen LogP contribution >= 0.6 is 0 Å². The lowest BCUT2D eigenvalue weighted by Crippen LogP contribution is -2.11. The quantitative estimate of drug-likeness (QED) is 0.149.